The minimum Gasteiger partial charge on any atom is -0.477 e. The molecular weight excluding hydrogens is 434 g/mol. The van der Waals surface area contributed by atoms with Crippen LogP contribution in [0.2, 0.25) is 0 Å². The van der Waals surface area contributed by atoms with Gasteiger partial charge in [0.15, 0.2) is 19.6 Å². The van der Waals surface area contributed by atoms with Crippen LogP contribution >= 0.6 is 0 Å². The second-order valence-electron chi connectivity index (χ2n) is 9.72. The zero-order valence-electron chi connectivity index (χ0n) is 21.5. The molecule has 0 radical (unpaired) electrons. The van der Waals surface area contributed by atoms with Crippen molar-refractivity contribution in [2.45, 2.75) is 116 Å². The third kappa shape index (κ3) is 20.7. The second-order valence-corrected chi connectivity index (χ2v) is 9.72. The Labute approximate surface area is 206 Å². The number of hydrogen-bond acceptors (Lipinski definition) is 3. The van der Waals surface area contributed by atoms with Crippen LogP contribution in [0.1, 0.15) is 116 Å². The highest BCUT2D eigenvalue weighted by Gasteiger charge is 2.35. The van der Waals surface area contributed by atoms with Crippen molar-refractivity contribution in [1.29, 1.82) is 0 Å². The maximum absolute atomic E-state index is 11.2. The molecule has 0 bridgehead atoms. The molecule has 0 aromatic carbocycles. The van der Waals surface area contributed by atoms with Crippen LogP contribution in [-0.4, -0.2) is 63.9 Å². The van der Waals surface area contributed by atoms with Crippen LogP contribution in [0, 0.1) is 0 Å². The lowest BCUT2D eigenvalue weighted by atomic mass is 10.0. The number of unbranched alkanes of at least 4 members (excludes halogenated alkanes) is 15. The Morgan fingerprint density at radius 2 is 0.853 bits per heavy atom. The molecule has 198 valence electrons. The van der Waals surface area contributed by atoms with Crippen LogP contribution in [0.25, 0.3) is 0 Å². The fourth-order valence-corrected chi connectivity index (χ4v) is 4.50. The van der Waals surface area contributed by atoms with E-state index in [9.17, 15) is 14.4 Å². The molecule has 0 amide bonds. The Bertz CT molecular complexity index is 535. The maximum atomic E-state index is 11.2. The molecule has 34 heavy (non-hydrogen) atoms. The van der Waals surface area contributed by atoms with Gasteiger partial charge in [0.1, 0.15) is 0 Å². The van der Waals surface area contributed by atoms with E-state index in [0.29, 0.717) is 12.8 Å². The predicted octanol–water partition coefficient (Wildman–Crippen LogP) is 6.26. The molecule has 0 atom stereocenters. The number of carboxylic acid groups (broad SMARTS) is 3. The number of carbonyl (C=O) groups is 3. The van der Waals surface area contributed by atoms with Crippen molar-refractivity contribution in [3.05, 3.63) is 12.2 Å². The van der Waals surface area contributed by atoms with Crippen molar-refractivity contribution in [1.82, 2.24) is 0 Å². The van der Waals surface area contributed by atoms with Crippen molar-refractivity contribution in [3.63, 3.8) is 0 Å². The fraction of sp³-hybridized carbons (Fsp3) is 0.815. The van der Waals surface area contributed by atoms with Crippen LogP contribution in [0.5, 0.6) is 0 Å². The van der Waals surface area contributed by atoms with Crippen LogP contribution in [0.4, 0.5) is 0 Å². The molecule has 0 saturated heterocycles. The highest BCUT2D eigenvalue weighted by Crippen LogP contribution is 2.14. The molecule has 3 N–H and O–H groups in total. The number of carboxylic acids is 3. The highest BCUT2D eigenvalue weighted by atomic mass is 16.4. The third-order valence-electron chi connectivity index (χ3n) is 6.31. The molecule has 0 aromatic heterocycles. The van der Waals surface area contributed by atoms with Crippen LogP contribution in [0.15, 0.2) is 12.2 Å². The van der Waals surface area contributed by atoms with Gasteiger partial charge in [0, 0.05) is 6.42 Å². The van der Waals surface area contributed by atoms with E-state index in [0.717, 1.165) is 12.8 Å². The Morgan fingerprint density at radius 1 is 0.529 bits per heavy atom. The molecule has 0 heterocycles. The molecule has 7 nitrogen and oxygen atoms in total. The summed E-state index contributed by atoms with van der Waals surface area (Å²) in [5.74, 6) is -3.55. The summed E-state index contributed by atoms with van der Waals surface area (Å²) in [6.07, 6.45) is 25.2. The summed E-state index contributed by atoms with van der Waals surface area (Å²) < 4.78 is -0.465. The lowest BCUT2D eigenvalue weighted by Crippen LogP contribution is -2.57. The Kier molecular flexibility index (Phi) is 20.4. The van der Waals surface area contributed by atoms with Gasteiger partial charge in [-0.2, -0.15) is 0 Å². The zero-order valence-corrected chi connectivity index (χ0v) is 21.5. The molecule has 0 saturated carbocycles. The second kappa shape index (κ2) is 21.6. The van der Waals surface area contributed by atoms with Crippen molar-refractivity contribution >= 4 is 17.9 Å². The quantitative estimate of drug-likeness (QED) is 0.0800. The van der Waals surface area contributed by atoms with Crippen LogP contribution in [-0.2, 0) is 14.4 Å². The van der Waals surface area contributed by atoms with Gasteiger partial charge in [-0.1, -0.05) is 103 Å². The molecular formula is C27H50NO6+. The van der Waals surface area contributed by atoms with Crippen molar-refractivity contribution in [3.8, 4) is 0 Å². The third-order valence-corrected chi connectivity index (χ3v) is 6.31. The Balaban J connectivity index is 3.80. The number of allylic oxidation sites excluding steroid dienone is 2. The minimum absolute atomic E-state index is 0.216. The first kappa shape index (κ1) is 32.1. The SMILES string of the molecule is CCCCCCCCCCCCCCCC/C=C/CCC[N+](CC(=O)O)(CC(=O)O)CC(=O)O. The summed E-state index contributed by atoms with van der Waals surface area (Å²) in [5, 5.41) is 27.4. The number of rotatable bonds is 25. The molecule has 0 aliphatic rings. The summed E-state index contributed by atoms with van der Waals surface area (Å²) in [6.45, 7) is 0.979. The Hall–Kier alpha value is -1.89. The molecule has 0 rings (SSSR count). The molecule has 0 spiro atoms. The topological polar surface area (TPSA) is 112 Å². The first-order chi connectivity index (χ1) is 16.3. The van der Waals surface area contributed by atoms with E-state index in [1.807, 2.05) is 6.08 Å². The number of nitrogens with zero attached hydrogens (tertiary/aromatic N) is 1. The van der Waals surface area contributed by atoms with Gasteiger partial charge >= 0.3 is 17.9 Å². The average Bonchev–Trinajstić information content (AvgIpc) is 2.73. The first-order valence-corrected chi connectivity index (χ1v) is 13.5. The van der Waals surface area contributed by atoms with Crippen LogP contribution < -0.4 is 0 Å². The van der Waals surface area contributed by atoms with Gasteiger partial charge in [-0.3, -0.25) is 4.48 Å². The minimum atomic E-state index is -1.18. The lowest BCUT2D eigenvalue weighted by molar-refractivity contribution is -0.907. The smallest absolute Gasteiger partial charge is 0.359 e. The van der Waals surface area contributed by atoms with E-state index in [2.05, 4.69) is 13.0 Å². The standard InChI is InChI=1S/C27H49NO6/c1-2-3-4-5-6-7-8-9-10-11-12-13-14-15-16-17-18-19-20-21-28(22-25(29)30,23-26(31)32)24-27(33)34/h17-18H,2-16,19-24H2,1H3,(H2-,29,30,31,32,33,34)/p+1/b18-17+. The molecule has 0 aliphatic carbocycles. The largest absolute Gasteiger partial charge is 0.477 e. The van der Waals surface area contributed by atoms with Gasteiger partial charge in [-0.25, -0.2) is 14.4 Å². The van der Waals surface area contributed by atoms with Gasteiger partial charge < -0.3 is 15.3 Å². The summed E-state index contributed by atoms with van der Waals surface area (Å²) in [4.78, 5) is 33.5. The molecule has 0 aliphatic heterocycles. The van der Waals surface area contributed by atoms with Crippen molar-refractivity contribution in [2.24, 2.45) is 0 Å². The molecule has 7 heteroatoms. The van der Waals surface area contributed by atoms with E-state index in [4.69, 9.17) is 15.3 Å². The normalized spacial score (nSPS) is 11.8. The summed E-state index contributed by atoms with van der Waals surface area (Å²) >= 11 is 0. The van der Waals surface area contributed by atoms with Gasteiger partial charge in [-0.05, 0) is 19.3 Å². The van der Waals surface area contributed by atoms with Crippen LogP contribution in [0.3, 0.4) is 0 Å². The zero-order chi connectivity index (χ0) is 25.5. The van der Waals surface area contributed by atoms with Gasteiger partial charge in [0.05, 0.1) is 6.54 Å². The fourth-order valence-electron chi connectivity index (χ4n) is 4.50. The Morgan fingerprint density at radius 3 is 1.21 bits per heavy atom. The number of quaternary nitrogens is 1. The highest BCUT2D eigenvalue weighted by molar-refractivity contribution is 5.73. The molecule has 0 unspecified atom stereocenters. The first-order valence-electron chi connectivity index (χ1n) is 13.5. The van der Waals surface area contributed by atoms with E-state index in [1.54, 1.807) is 0 Å². The summed E-state index contributed by atoms with van der Waals surface area (Å²) in [7, 11) is 0. The molecule has 0 fully saturated rings. The maximum Gasteiger partial charge on any atom is 0.359 e. The van der Waals surface area contributed by atoms with Crippen molar-refractivity contribution in [2.75, 3.05) is 26.2 Å². The van der Waals surface area contributed by atoms with E-state index in [-0.39, 0.29) is 6.54 Å². The van der Waals surface area contributed by atoms with E-state index < -0.39 is 42.0 Å². The average molecular weight is 485 g/mol. The lowest BCUT2D eigenvalue weighted by Gasteiger charge is -2.34. The predicted molar refractivity (Wildman–Crippen MR) is 136 cm³/mol. The van der Waals surface area contributed by atoms with E-state index in [1.165, 1.54) is 83.5 Å². The summed E-state index contributed by atoms with van der Waals surface area (Å²) in [6, 6.07) is 0. The monoisotopic (exact) mass is 484 g/mol. The summed E-state index contributed by atoms with van der Waals surface area (Å²) in [5.41, 5.74) is 0. The number of hydrogen-bond donors (Lipinski definition) is 3. The number of aliphatic carboxylic acids is 3. The van der Waals surface area contributed by atoms with E-state index >= 15 is 0 Å². The van der Waals surface area contributed by atoms with Gasteiger partial charge in [0.2, 0.25) is 0 Å². The van der Waals surface area contributed by atoms with Crippen molar-refractivity contribution < 1.29 is 34.2 Å². The molecule has 0 aromatic rings. The van der Waals surface area contributed by atoms with Gasteiger partial charge in [0.25, 0.3) is 0 Å². The van der Waals surface area contributed by atoms with Gasteiger partial charge in [-0.15, -0.1) is 0 Å².